The predicted octanol–water partition coefficient (Wildman–Crippen LogP) is 2.41. The van der Waals surface area contributed by atoms with Crippen molar-refractivity contribution in [2.75, 3.05) is 11.1 Å². The average molecular weight is 365 g/mol. The molecule has 0 fully saturated rings. The number of nitrogens with one attached hydrogen (secondary N) is 1. The first kappa shape index (κ1) is 18.1. The molecule has 0 aliphatic heterocycles. The van der Waals surface area contributed by atoms with Crippen molar-refractivity contribution in [2.45, 2.75) is 13.0 Å². The van der Waals surface area contributed by atoms with E-state index >= 15 is 0 Å². The number of nitro groups is 1. The second-order valence-electron chi connectivity index (χ2n) is 4.93. The van der Waals surface area contributed by atoms with E-state index in [0.717, 1.165) is 12.1 Å². The summed E-state index contributed by atoms with van der Waals surface area (Å²) < 4.78 is 5.00. The van der Waals surface area contributed by atoms with Crippen molar-refractivity contribution in [3.63, 3.8) is 0 Å². The zero-order valence-electron chi connectivity index (χ0n) is 12.9. The maximum Gasteiger partial charge on any atom is 0.341 e. The van der Waals surface area contributed by atoms with Gasteiger partial charge in [-0.2, -0.15) is 0 Å². The zero-order valence-corrected chi connectivity index (χ0v) is 13.7. The molecule has 2 aromatic rings. The van der Waals surface area contributed by atoms with Gasteiger partial charge in [0.25, 0.3) is 11.6 Å². The maximum atomic E-state index is 12.1. The quantitative estimate of drug-likeness (QED) is 0.359. The minimum Gasteiger partial charge on any atom is -0.449 e. The van der Waals surface area contributed by atoms with Crippen molar-refractivity contribution >= 4 is 40.7 Å². The number of nitrogens with two attached hydrogens (primary N) is 1. The van der Waals surface area contributed by atoms with E-state index in [1.54, 1.807) is 0 Å². The van der Waals surface area contributed by atoms with Crippen molar-refractivity contribution in [2.24, 2.45) is 0 Å². The lowest BCUT2D eigenvalue weighted by Gasteiger charge is -2.14. The molecule has 130 valence electrons. The van der Waals surface area contributed by atoms with Crippen LogP contribution in [0.5, 0.6) is 0 Å². The fraction of sp³-hybridized carbons (Fsp3) is 0.133. The van der Waals surface area contributed by atoms with Gasteiger partial charge in [-0.25, -0.2) is 9.78 Å². The van der Waals surface area contributed by atoms with Gasteiger partial charge in [0, 0.05) is 24.0 Å². The largest absolute Gasteiger partial charge is 0.449 e. The smallest absolute Gasteiger partial charge is 0.341 e. The second kappa shape index (κ2) is 7.58. The molecule has 0 aliphatic rings. The Hall–Kier alpha value is -3.20. The summed E-state index contributed by atoms with van der Waals surface area (Å²) >= 11 is 5.69. The number of carbonyl (C=O) groups is 2. The number of amides is 1. The predicted molar refractivity (Wildman–Crippen MR) is 90.3 cm³/mol. The third-order valence-corrected chi connectivity index (χ3v) is 3.32. The van der Waals surface area contributed by atoms with E-state index in [-0.39, 0.29) is 22.8 Å². The van der Waals surface area contributed by atoms with E-state index in [2.05, 4.69) is 10.3 Å². The Morgan fingerprint density at radius 2 is 2.08 bits per heavy atom. The van der Waals surface area contributed by atoms with Gasteiger partial charge in [0.1, 0.15) is 5.82 Å². The van der Waals surface area contributed by atoms with Crippen LogP contribution in [0.3, 0.4) is 0 Å². The minimum atomic E-state index is -1.18. The molecule has 2 rings (SSSR count). The topological polar surface area (TPSA) is 137 Å². The first-order chi connectivity index (χ1) is 11.8. The molecule has 0 unspecified atom stereocenters. The number of pyridine rings is 1. The highest BCUT2D eigenvalue weighted by molar-refractivity contribution is 6.30. The summed E-state index contributed by atoms with van der Waals surface area (Å²) in [5.74, 6) is -1.35. The lowest BCUT2D eigenvalue weighted by molar-refractivity contribution is -0.384. The maximum absolute atomic E-state index is 12.1. The lowest BCUT2D eigenvalue weighted by atomic mass is 10.1. The molecule has 0 spiro atoms. The van der Waals surface area contributed by atoms with Crippen LogP contribution in [0.4, 0.5) is 17.2 Å². The Morgan fingerprint density at radius 3 is 2.68 bits per heavy atom. The van der Waals surface area contributed by atoms with Gasteiger partial charge in [0.2, 0.25) is 0 Å². The number of hydrogen-bond donors (Lipinski definition) is 2. The highest BCUT2D eigenvalue weighted by Gasteiger charge is 2.22. The van der Waals surface area contributed by atoms with Gasteiger partial charge in [0.15, 0.2) is 6.10 Å². The number of halogens is 1. The highest BCUT2D eigenvalue weighted by atomic mass is 35.5. The van der Waals surface area contributed by atoms with Crippen LogP contribution in [-0.2, 0) is 9.53 Å². The van der Waals surface area contributed by atoms with E-state index in [9.17, 15) is 19.7 Å². The van der Waals surface area contributed by atoms with Gasteiger partial charge >= 0.3 is 5.97 Å². The Kier molecular flexibility index (Phi) is 5.50. The van der Waals surface area contributed by atoms with E-state index < -0.39 is 22.9 Å². The molecule has 10 heteroatoms. The first-order valence-corrected chi connectivity index (χ1v) is 7.33. The van der Waals surface area contributed by atoms with Gasteiger partial charge in [0.05, 0.1) is 15.5 Å². The molecule has 0 saturated heterocycles. The van der Waals surface area contributed by atoms with Crippen molar-refractivity contribution in [1.29, 1.82) is 0 Å². The van der Waals surface area contributed by atoms with Crippen molar-refractivity contribution in [1.82, 2.24) is 4.98 Å². The normalized spacial score (nSPS) is 11.4. The summed E-state index contributed by atoms with van der Waals surface area (Å²) in [6.07, 6.45) is 0.168. The number of anilines is 2. The molecule has 3 N–H and O–H groups in total. The number of carbonyl (C=O) groups excluding carboxylic acids is 2. The second-order valence-corrected chi connectivity index (χ2v) is 5.36. The molecule has 25 heavy (non-hydrogen) atoms. The number of non-ortho nitro benzene ring substituents is 1. The minimum absolute atomic E-state index is 0.00239. The van der Waals surface area contributed by atoms with Gasteiger partial charge in [-0.3, -0.25) is 14.9 Å². The number of nitrogen functional groups attached to an aromatic ring is 1. The van der Waals surface area contributed by atoms with Gasteiger partial charge in [-0.15, -0.1) is 0 Å². The molecule has 0 aliphatic carbocycles. The summed E-state index contributed by atoms with van der Waals surface area (Å²) in [6.45, 7) is 1.34. The van der Waals surface area contributed by atoms with Crippen LogP contribution in [-0.4, -0.2) is 27.9 Å². The molecule has 1 amide bonds. The van der Waals surface area contributed by atoms with E-state index in [1.807, 2.05) is 0 Å². The van der Waals surface area contributed by atoms with Crippen LogP contribution in [0.1, 0.15) is 17.3 Å². The zero-order chi connectivity index (χ0) is 18.6. The first-order valence-electron chi connectivity index (χ1n) is 6.95. The number of benzene rings is 1. The van der Waals surface area contributed by atoms with Crippen LogP contribution < -0.4 is 11.1 Å². The molecule has 0 saturated carbocycles. The lowest BCUT2D eigenvalue weighted by Crippen LogP contribution is -2.30. The molecular formula is C15H13ClN4O5. The number of rotatable bonds is 5. The molecule has 1 heterocycles. The van der Waals surface area contributed by atoms with Gasteiger partial charge < -0.3 is 15.8 Å². The van der Waals surface area contributed by atoms with E-state index in [4.69, 9.17) is 22.1 Å². The third kappa shape index (κ3) is 4.64. The summed E-state index contributed by atoms with van der Waals surface area (Å²) in [7, 11) is 0. The van der Waals surface area contributed by atoms with Crippen LogP contribution in [0, 0.1) is 10.1 Å². The molecule has 1 aromatic carbocycles. The molecular weight excluding hydrogens is 352 g/mol. The SMILES string of the molecule is C[C@@H](OC(=O)c1cc([N+](=O)[O-])ccc1N)C(=O)Nc1ccc(Cl)cn1. The summed E-state index contributed by atoms with van der Waals surface area (Å²) in [6, 6.07) is 6.38. The summed E-state index contributed by atoms with van der Waals surface area (Å²) in [4.78, 5) is 38.1. The molecule has 0 radical (unpaired) electrons. The average Bonchev–Trinajstić information content (AvgIpc) is 2.56. The van der Waals surface area contributed by atoms with Gasteiger partial charge in [-0.05, 0) is 25.1 Å². The van der Waals surface area contributed by atoms with E-state index in [0.29, 0.717) is 5.02 Å². The Balaban J connectivity index is 2.06. The molecule has 1 atom stereocenters. The monoisotopic (exact) mass is 364 g/mol. The number of hydrogen-bond acceptors (Lipinski definition) is 7. The number of aromatic nitrogens is 1. The number of ether oxygens (including phenoxy) is 1. The number of esters is 1. The fourth-order valence-corrected chi connectivity index (χ4v) is 1.90. The summed E-state index contributed by atoms with van der Waals surface area (Å²) in [5.41, 5.74) is 5.12. The van der Waals surface area contributed by atoms with Crippen molar-refractivity contribution in [3.8, 4) is 0 Å². The van der Waals surface area contributed by atoms with Crippen molar-refractivity contribution in [3.05, 3.63) is 57.2 Å². The number of nitrogens with zero attached hydrogens (tertiary/aromatic N) is 2. The highest BCUT2D eigenvalue weighted by Crippen LogP contribution is 2.21. The standard InChI is InChI=1S/C15H13ClN4O5/c1-8(14(21)19-13-5-2-9(16)7-18-13)25-15(22)11-6-10(20(23)24)3-4-12(11)17/h2-8H,17H2,1H3,(H,18,19,21)/t8-/m1/s1. The van der Waals surface area contributed by atoms with Crippen molar-refractivity contribution < 1.29 is 19.2 Å². The Bertz CT molecular complexity index is 825. The Morgan fingerprint density at radius 1 is 1.36 bits per heavy atom. The molecule has 0 bridgehead atoms. The third-order valence-electron chi connectivity index (χ3n) is 3.10. The molecule has 9 nitrogen and oxygen atoms in total. The van der Waals surface area contributed by atoms with E-state index in [1.165, 1.54) is 31.3 Å². The fourth-order valence-electron chi connectivity index (χ4n) is 1.79. The number of nitro benzene ring substituents is 1. The van der Waals surface area contributed by atoms with Crippen LogP contribution >= 0.6 is 11.6 Å². The summed E-state index contributed by atoms with van der Waals surface area (Å²) in [5, 5.41) is 13.6. The van der Waals surface area contributed by atoms with Crippen LogP contribution in [0.25, 0.3) is 0 Å². The molecule has 1 aromatic heterocycles. The van der Waals surface area contributed by atoms with Gasteiger partial charge in [-0.1, -0.05) is 11.6 Å². The Labute approximate surface area is 146 Å². The van der Waals surface area contributed by atoms with Crippen LogP contribution in [0.15, 0.2) is 36.5 Å². The van der Waals surface area contributed by atoms with Crippen LogP contribution in [0.2, 0.25) is 5.02 Å².